The molecule has 1 fully saturated rings. The largest absolute Gasteiger partial charge is 0.356 e. The number of amides is 1. The fourth-order valence-electron chi connectivity index (χ4n) is 3.16. The van der Waals surface area contributed by atoms with E-state index in [0.29, 0.717) is 38.4 Å². The molecular formula is C19H29FN2O3S. The smallest absolute Gasteiger partial charge is 0.243 e. The highest BCUT2D eigenvalue weighted by molar-refractivity contribution is 7.89. The molecule has 1 N–H and O–H groups in total. The van der Waals surface area contributed by atoms with Crippen molar-refractivity contribution in [3.05, 3.63) is 30.1 Å². The number of sulfonamides is 1. The summed E-state index contributed by atoms with van der Waals surface area (Å²) in [5, 5.41) is 2.92. The Morgan fingerprint density at radius 3 is 2.65 bits per heavy atom. The van der Waals surface area contributed by atoms with E-state index in [0.717, 1.165) is 31.4 Å². The van der Waals surface area contributed by atoms with Gasteiger partial charge in [-0.25, -0.2) is 12.8 Å². The zero-order chi connectivity index (χ0) is 19.2. The quantitative estimate of drug-likeness (QED) is 0.749. The van der Waals surface area contributed by atoms with Crippen LogP contribution < -0.4 is 5.32 Å². The molecule has 0 aliphatic carbocycles. The van der Waals surface area contributed by atoms with E-state index in [1.165, 1.54) is 16.4 Å². The molecule has 5 nitrogen and oxygen atoms in total. The first-order chi connectivity index (χ1) is 12.3. The molecule has 0 bridgehead atoms. The molecule has 0 saturated carbocycles. The van der Waals surface area contributed by atoms with E-state index in [1.807, 2.05) is 0 Å². The SMILES string of the molecule is CC(C)CCNC(=O)CCC1CCCN(S(=O)(=O)c2ccc(F)cc2)C1. The molecule has 1 aliphatic heterocycles. The monoisotopic (exact) mass is 384 g/mol. The Balaban J connectivity index is 1.86. The number of piperidine rings is 1. The van der Waals surface area contributed by atoms with Gasteiger partial charge >= 0.3 is 0 Å². The minimum Gasteiger partial charge on any atom is -0.356 e. The minimum atomic E-state index is -3.61. The van der Waals surface area contributed by atoms with Gasteiger partial charge in [-0.1, -0.05) is 13.8 Å². The molecule has 1 atom stereocenters. The summed E-state index contributed by atoms with van der Waals surface area (Å²) in [6.45, 7) is 5.80. The van der Waals surface area contributed by atoms with Gasteiger partial charge in [-0.2, -0.15) is 4.31 Å². The number of carbonyl (C=O) groups excluding carboxylic acids is 1. The second kappa shape index (κ2) is 9.46. The highest BCUT2D eigenvalue weighted by atomic mass is 32.2. The topological polar surface area (TPSA) is 66.5 Å². The number of nitrogens with one attached hydrogen (secondary N) is 1. The third-order valence-corrected chi connectivity index (χ3v) is 6.64. The van der Waals surface area contributed by atoms with Crippen molar-refractivity contribution in [2.75, 3.05) is 19.6 Å². The Kier molecular flexibility index (Phi) is 7.58. The van der Waals surface area contributed by atoms with Crippen LogP contribution in [0.4, 0.5) is 4.39 Å². The molecule has 146 valence electrons. The summed E-state index contributed by atoms with van der Waals surface area (Å²) in [6, 6.07) is 4.93. The summed E-state index contributed by atoms with van der Waals surface area (Å²) in [5.74, 6) is 0.307. The number of nitrogens with zero attached hydrogens (tertiary/aromatic N) is 1. The zero-order valence-corrected chi connectivity index (χ0v) is 16.4. The summed E-state index contributed by atoms with van der Waals surface area (Å²) in [4.78, 5) is 12.0. The number of halogens is 1. The second-order valence-electron chi connectivity index (χ2n) is 7.40. The highest BCUT2D eigenvalue weighted by Gasteiger charge is 2.30. The molecule has 0 radical (unpaired) electrons. The van der Waals surface area contributed by atoms with Gasteiger partial charge in [0, 0.05) is 26.1 Å². The molecule has 1 saturated heterocycles. The summed E-state index contributed by atoms with van der Waals surface area (Å²) < 4.78 is 39.9. The van der Waals surface area contributed by atoms with Crippen LogP contribution in [-0.4, -0.2) is 38.3 Å². The number of rotatable bonds is 8. The summed E-state index contributed by atoms with van der Waals surface area (Å²) in [7, 11) is -3.61. The molecule has 1 aromatic rings. The molecule has 1 amide bonds. The second-order valence-corrected chi connectivity index (χ2v) is 9.33. The van der Waals surface area contributed by atoms with Crippen LogP contribution in [0.1, 0.15) is 46.0 Å². The minimum absolute atomic E-state index is 0.0316. The molecule has 2 rings (SSSR count). The van der Waals surface area contributed by atoms with Crippen LogP contribution >= 0.6 is 0 Å². The summed E-state index contributed by atoms with van der Waals surface area (Å²) in [5.41, 5.74) is 0. The maximum absolute atomic E-state index is 13.0. The number of hydrogen-bond acceptors (Lipinski definition) is 3. The Bertz CT molecular complexity index is 689. The first-order valence-corrected chi connectivity index (χ1v) is 10.8. The molecule has 7 heteroatoms. The van der Waals surface area contributed by atoms with E-state index in [9.17, 15) is 17.6 Å². The lowest BCUT2D eigenvalue weighted by Crippen LogP contribution is -2.40. The van der Waals surface area contributed by atoms with Crippen molar-refractivity contribution in [1.82, 2.24) is 9.62 Å². The van der Waals surface area contributed by atoms with Crippen LogP contribution in [0.15, 0.2) is 29.2 Å². The predicted octanol–water partition coefficient (Wildman–Crippen LogP) is 3.17. The highest BCUT2D eigenvalue weighted by Crippen LogP contribution is 2.26. The van der Waals surface area contributed by atoms with E-state index in [4.69, 9.17) is 0 Å². The molecule has 1 aliphatic rings. The predicted molar refractivity (Wildman–Crippen MR) is 99.6 cm³/mol. The van der Waals surface area contributed by atoms with Crippen LogP contribution in [0.5, 0.6) is 0 Å². The van der Waals surface area contributed by atoms with Gasteiger partial charge < -0.3 is 5.32 Å². The number of benzene rings is 1. The third kappa shape index (κ3) is 6.06. The Morgan fingerprint density at radius 1 is 1.31 bits per heavy atom. The van der Waals surface area contributed by atoms with E-state index in [2.05, 4.69) is 19.2 Å². The first kappa shape index (κ1) is 20.8. The van der Waals surface area contributed by atoms with Gasteiger partial charge in [0.1, 0.15) is 5.82 Å². The van der Waals surface area contributed by atoms with E-state index >= 15 is 0 Å². The Morgan fingerprint density at radius 2 is 2.00 bits per heavy atom. The van der Waals surface area contributed by atoms with Gasteiger partial charge in [-0.3, -0.25) is 4.79 Å². The van der Waals surface area contributed by atoms with Gasteiger partial charge in [0.15, 0.2) is 0 Å². The van der Waals surface area contributed by atoms with Crippen molar-refractivity contribution >= 4 is 15.9 Å². The lowest BCUT2D eigenvalue weighted by atomic mass is 9.94. The fourth-order valence-corrected chi connectivity index (χ4v) is 4.72. The third-order valence-electron chi connectivity index (χ3n) is 4.76. The van der Waals surface area contributed by atoms with Gasteiger partial charge in [0.25, 0.3) is 0 Å². The number of carbonyl (C=O) groups is 1. The average molecular weight is 385 g/mol. The summed E-state index contributed by atoms with van der Waals surface area (Å²) >= 11 is 0. The van der Waals surface area contributed by atoms with Crippen LogP contribution in [0.3, 0.4) is 0 Å². The molecule has 26 heavy (non-hydrogen) atoms. The lowest BCUT2D eigenvalue weighted by Gasteiger charge is -2.32. The van der Waals surface area contributed by atoms with Crippen LogP contribution in [-0.2, 0) is 14.8 Å². The van der Waals surface area contributed by atoms with Crippen molar-refractivity contribution in [3.8, 4) is 0 Å². The van der Waals surface area contributed by atoms with Gasteiger partial charge in [-0.05, 0) is 61.8 Å². The molecule has 0 spiro atoms. The van der Waals surface area contributed by atoms with E-state index in [-0.39, 0.29) is 16.7 Å². The average Bonchev–Trinajstić information content (AvgIpc) is 2.60. The van der Waals surface area contributed by atoms with Crippen molar-refractivity contribution in [1.29, 1.82) is 0 Å². The molecular weight excluding hydrogens is 355 g/mol. The van der Waals surface area contributed by atoms with Gasteiger partial charge in [0.05, 0.1) is 4.90 Å². The Labute approximate surface area is 156 Å². The first-order valence-electron chi connectivity index (χ1n) is 9.31. The molecule has 1 heterocycles. The Hall–Kier alpha value is -1.47. The maximum atomic E-state index is 13.0. The van der Waals surface area contributed by atoms with Crippen molar-refractivity contribution in [2.45, 2.75) is 50.8 Å². The van der Waals surface area contributed by atoms with Crippen LogP contribution in [0.2, 0.25) is 0 Å². The van der Waals surface area contributed by atoms with Crippen molar-refractivity contribution < 1.29 is 17.6 Å². The van der Waals surface area contributed by atoms with Crippen LogP contribution in [0, 0.1) is 17.7 Å². The molecule has 0 aromatic heterocycles. The van der Waals surface area contributed by atoms with Gasteiger partial charge in [-0.15, -0.1) is 0 Å². The normalized spacial score (nSPS) is 18.8. The molecule has 1 aromatic carbocycles. The van der Waals surface area contributed by atoms with Crippen molar-refractivity contribution in [2.24, 2.45) is 11.8 Å². The number of hydrogen-bond donors (Lipinski definition) is 1. The molecule has 1 unspecified atom stereocenters. The van der Waals surface area contributed by atoms with Crippen molar-refractivity contribution in [3.63, 3.8) is 0 Å². The van der Waals surface area contributed by atoms with Crippen LogP contribution in [0.25, 0.3) is 0 Å². The summed E-state index contributed by atoms with van der Waals surface area (Å²) in [6.07, 6.45) is 3.77. The standard InChI is InChI=1S/C19H29FN2O3S/c1-15(2)11-12-21-19(23)10-5-16-4-3-13-22(14-16)26(24,25)18-8-6-17(20)7-9-18/h6-9,15-16H,3-5,10-14H2,1-2H3,(H,21,23). The maximum Gasteiger partial charge on any atom is 0.243 e. The lowest BCUT2D eigenvalue weighted by molar-refractivity contribution is -0.121. The fraction of sp³-hybridized carbons (Fsp3) is 0.632. The zero-order valence-electron chi connectivity index (χ0n) is 15.6. The van der Waals surface area contributed by atoms with Gasteiger partial charge in [0.2, 0.25) is 15.9 Å². The van der Waals surface area contributed by atoms with E-state index < -0.39 is 15.8 Å². The van der Waals surface area contributed by atoms with E-state index in [1.54, 1.807) is 0 Å².